The van der Waals surface area contributed by atoms with Gasteiger partial charge in [0.1, 0.15) is 11.9 Å². The summed E-state index contributed by atoms with van der Waals surface area (Å²) in [5.74, 6) is -2.47. The molecule has 0 bridgehead atoms. The third-order valence-corrected chi connectivity index (χ3v) is 8.76. The molecule has 1 amide bonds. The molecule has 1 aliphatic heterocycles. The summed E-state index contributed by atoms with van der Waals surface area (Å²) >= 11 is 0. The Balaban J connectivity index is 1.76. The van der Waals surface area contributed by atoms with Crippen LogP contribution in [0.3, 0.4) is 0 Å². The van der Waals surface area contributed by atoms with Crippen LogP contribution >= 0.6 is 0 Å². The van der Waals surface area contributed by atoms with Gasteiger partial charge in [-0.2, -0.15) is 13.2 Å². The number of likely N-dealkylation sites (tertiary alicyclic amines) is 1. The van der Waals surface area contributed by atoms with E-state index in [1.807, 2.05) is 36.9 Å². The van der Waals surface area contributed by atoms with Gasteiger partial charge in [-0.15, -0.1) is 0 Å². The van der Waals surface area contributed by atoms with Crippen LogP contribution in [0.25, 0.3) is 11.1 Å². The fraction of sp³-hybridized carbons (Fsp3) is 0.472. The molecule has 2 atom stereocenters. The van der Waals surface area contributed by atoms with Crippen LogP contribution in [0.1, 0.15) is 79.1 Å². The van der Waals surface area contributed by atoms with E-state index < -0.39 is 53.5 Å². The highest BCUT2D eigenvalue weighted by Crippen LogP contribution is 2.35. The second-order valence-corrected chi connectivity index (χ2v) is 13.3. The quantitative estimate of drug-likeness (QED) is 0.205. The number of nitrogens with one attached hydrogen (secondary N) is 1. The Morgan fingerprint density at radius 2 is 1.68 bits per heavy atom. The number of benzene rings is 2. The Kier molecular flexibility index (Phi) is 11.0. The number of carboxylic acids is 1. The molecule has 1 fully saturated rings. The number of nitrogens with zero attached hydrogens (tertiary/aromatic N) is 2. The molecule has 1 aromatic heterocycles. The van der Waals surface area contributed by atoms with Gasteiger partial charge < -0.3 is 19.9 Å². The molecule has 1 saturated heterocycles. The van der Waals surface area contributed by atoms with E-state index in [-0.39, 0.29) is 35.4 Å². The number of alkyl halides is 3. The Morgan fingerprint density at radius 1 is 1.04 bits per heavy atom. The van der Waals surface area contributed by atoms with Gasteiger partial charge >= 0.3 is 12.1 Å². The summed E-state index contributed by atoms with van der Waals surface area (Å²) in [6, 6.07) is 6.85. The van der Waals surface area contributed by atoms with E-state index in [9.17, 15) is 32.7 Å². The van der Waals surface area contributed by atoms with Crippen LogP contribution in [0, 0.1) is 38.4 Å². The Morgan fingerprint density at radius 3 is 2.23 bits per heavy atom. The third kappa shape index (κ3) is 8.49. The lowest BCUT2D eigenvalue weighted by molar-refractivity contribution is -0.139. The Labute approximate surface area is 272 Å². The molecule has 3 aromatic rings. The minimum absolute atomic E-state index is 0.0229. The lowest BCUT2D eigenvalue weighted by Crippen LogP contribution is -2.46. The number of hydrogen-bond donors (Lipinski definition) is 2. The van der Waals surface area contributed by atoms with E-state index in [4.69, 9.17) is 0 Å². The Hall–Kier alpha value is -3.99. The molecule has 1 aliphatic rings. The van der Waals surface area contributed by atoms with Crippen LogP contribution < -0.4 is 10.9 Å². The van der Waals surface area contributed by atoms with E-state index in [2.05, 4.69) is 12.2 Å². The van der Waals surface area contributed by atoms with Gasteiger partial charge in [0, 0.05) is 37.5 Å². The molecule has 254 valence electrons. The van der Waals surface area contributed by atoms with Crippen molar-refractivity contribution in [1.82, 2.24) is 14.8 Å². The number of aliphatic carboxylic acids is 1. The second-order valence-electron chi connectivity index (χ2n) is 13.3. The van der Waals surface area contributed by atoms with Gasteiger partial charge in [-0.1, -0.05) is 39.0 Å². The van der Waals surface area contributed by atoms with Crippen molar-refractivity contribution in [3.63, 3.8) is 0 Å². The van der Waals surface area contributed by atoms with Crippen LogP contribution in [0.2, 0.25) is 0 Å². The zero-order valence-corrected chi connectivity index (χ0v) is 27.7. The summed E-state index contributed by atoms with van der Waals surface area (Å²) in [6.45, 7) is 12.9. The number of aryl methyl sites for hydroxylation is 3. The number of carboxylic acid groups (broad SMARTS) is 1. The summed E-state index contributed by atoms with van der Waals surface area (Å²) in [5, 5.41) is 12.4. The van der Waals surface area contributed by atoms with Crippen molar-refractivity contribution >= 4 is 11.9 Å². The van der Waals surface area contributed by atoms with Gasteiger partial charge in [-0.3, -0.25) is 14.4 Å². The second kappa shape index (κ2) is 14.4. The molecule has 0 spiro atoms. The van der Waals surface area contributed by atoms with Gasteiger partial charge in [-0.25, -0.2) is 4.39 Å². The van der Waals surface area contributed by atoms with Crippen LogP contribution in [0.5, 0.6) is 0 Å². The first kappa shape index (κ1) is 35.9. The Bertz CT molecular complexity index is 1670. The van der Waals surface area contributed by atoms with Crippen molar-refractivity contribution in [2.24, 2.45) is 11.8 Å². The molecule has 2 aromatic carbocycles. The van der Waals surface area contributed by atoms with E-state index in [0.717, 1.165) is 40.5 Å². The summed E-state index contributed by atoms with van der Waals surface area (Å²) in [7, 11) is 0. The first-order valence-electron chi connectivity index (χ1n) is 15.9. The van der Waals surface area contributed by atoms with Crippen LogP contribution in [0.15, 0.2) is 47.4 Å². The molecule has 0 aliphatic carbocycles. The van der Waals surface area contributed by atoms with Crippen molar-refractivity contribution in [3.05, 3.63) is 92.1 Å². The van der Waals surface area contributed by atoms with Crippen LogP contribution in [-0.4, -0.2) is 46.1 Å². The molecule has 0 saturated carbocycles. The standard InChI is InChI=1S/C36H43F4N3O4/c1-20(2)12-30(43-19-25(10-11-42-17-21(3)18-42)28(15-31(43)44)36(38,39)40)35(47)41-29(16-32(45)46)27-14-26(13-24(6)34(27)37)33-22(4)8-7-9-23(33)5/h7-9,13-15,19-21,29-30H,10-12,16-18H2,1-6H3,(H,41,47)(H,45,46)/t29-,30?/m0/s1. The smallest absolute Gasteiger partial charge is 0.416 e. The van der Waals surface area contributed by atoms with Gasteiger partial charge in [-0.05, 0) is 91.0 Å². The van der Waals surface area contributed by atoms with Crippen LogP contribution in [0.4, 0.5) is 17.6 Å². The number of pyridine rings is 1. The zero-order chi connectivity index (χ0) is 34.8. The van der Waals surface area contributed by atoms with Crippen molar-refractivity contribution in [1.29, 1.82) is 0 Å². The lowest BCUT2D eigenvalue weighted by atomic mass is 9.90. The number of hydrogen-bond acceptors (Lipinski definition) is 4. The molecule has 2 heterocycles. The molecule has 1 unspecified atom stereocenters. The molecule has 11 heteroatoms. The SMILES string of the molecule is Cc1cc(-c2c(C)cccc2C)cc([C@H](CC(=O)O)NC(=O)C(CC(C)C)n2cc(CCN3CC(C)C3)c(C(F)(F)F)cc2=O)c1F. The average molecular weight is 658 g/mol. The maximum absolute atomic E-state index is 15.8. The first-order valence-corrected chi connectivity index (χ1v) is 15.9. The maximum Gasteiger partial charge on any atom is 0.416 e. The van der Waals surface area contributed by atoms with Crippen LogP contribution in [-0.2, 0) is 22.2 Å². The van der Waals surface area contributed by atoms with E-state index in [0.29, 0.717) is 24.1 Å². The third-order valence-electron chi connectivity index (χ3n) is 8.76. The van der Waals surface area contributed by atoms with E-state index >= 15 is 4.39 Å². The average Bonchev–Trinajstić information content (AvgIpc) is 2.94. The molecule has 7 nitrogen and oxygen atoms in total. The molecule has 2 N–H and O–H groups in total. The van der Waals surface area contributed by atoms with Gasteiger partial charge in [0.05, 0.1) is 18.0 Å². The summed E-state index contributed by atoms with van der Waals surface area (Å²) in [4.78, 5) is 41.3. The summed E-state index contributed by atoms with van der Waals surface area (Å²) < 4.78 is 58.9. The van der Waals surface area contributed by atoms with Crippen molar-refractivity contribution in [3.8, 4) is 11.1 Å². The molecular weight excluding hydrogens is 614 g/mol. The molecule has 0 radical (unpaired) electrons. The highest BCUT2D eigenvalue weighted by Gasteiger charge is 2.36. The van der Waals surface area contributed by atoms with Crippen molar-refractivity contribution in [2.45, 2.75) is 79.1 Å². The fourth-order valence-electron chi connectivity index (χ4n) is 6.53. The minimum atomic E-state index is -4.77. The number of rotatable bonds is 12. The maximum atomic E-state index is 15.8. The number of amides is 1. The molecule has 47 heavy (non-hydrogen) atoms. The van der Waals surface area contributed by atoms with E-state index in [1.54, 1.807) is 26.8 Å². The predicted molar refractivity (Wildman–Crippen MR) is 173 cm³/mol. The zero-order valence-electron chi connectivity index (χ0n) is 27.7. The summed E-state index contributed by atoms with van der Waals surface area (Å²) in [6.07, 6.45) is -4.22. The predicted octanol–water partition coefficient (Wildman–Crippen LogP) is 7.01. The number of halogens is 4. The summed E-state index contributed by atoms with van der Waals surface area (Å²) in [5.41, 5.74) is 1.43. The topological polar surface area (TPSA) is 91.6 Å². The molecule has 4 rings (SSSR count). The van der Waals surface area contributed by atoms with Crippen molar-refractivity contribution in [2.75, 3.05) is 19.6 Å². The number of carbonyl (C=O) groups excluding carboxylic acids is 1. The monoisotopic (exact) mass is 657 g/mol. The number of carbonyl (C=O) groups is 2. The lowest BCUT2D eigenvalue weighted by Gasteiger charge is -2.37. The normalized spacial score (nSPS) is 15.4. The van der Waals surface area contributed by atoms with Gasteiger partial charge in [0.15, 0.2) is 0 Å². The minimum Gasteiger partial charge on any atom is -0.481 e. The van der Waals surface area contributed by atoms with Gasteiger partial charge in [0.2, 0.25) is 5.91 Å². The van der Waals surface area contributed by atoms with Gasteiger partial charge in [0.25, 0.3) is 5.56 Å². The highest BCUT2D eigenvalue weighted by atomic mass is 19.4. The number of aromatic nitrogens is 1. The van der Waals surface area contributed by atoms with Crippen molar-refractivity contribution < 1.29 is 32.3 Å². The fourth-order valence-corrected chi connectivity index (χ4v) is 6.53. The van der Waals surface area contributed by atoms with E-state index in [1.165, 1.54) is 6.07 Å². The largest absolute Gasteiger partial charge is 0.481 e. The highest BCUT2D eigenvalue weighted by molar-refractivity contribution is 5.82. The molecular formula is C36H43F4N3O4. The first-order chi connectivity index (χ1) is 22.0.